The number of nitrogens with one attached hydrogen (secondary N) is 1. The van der Waals surface area contributed by atoms with Crippen molar-refractivity contribution in [3.8, 4) is 5.75 Å². The summed E-state index contributed by atoms with van der Waals surface area (Å²) < 4.78 is 10.6. The highest BCUT2D eigenvalue weighted by Gasteiger charge is 2.18. The van der Waals surface area contributed by atoms with Gasteiger partial charge in [0.1, 0.15) is 5.75 Å². The third-order valence-electron chi connectivity index (χ3n) is 3.82. The summed E-state index contributed by atoms with van der Waals surface area (Å²) in [6, 6.07) is 13.3. The van der Waals surface area contributed by atoms with Crippen molar-refractivity contribution < 1.29 is 19.1 Å². The van der Waals surface area contributed by atoms with E-state index >= 15 is 0 Å². The molecular formula is C21H25NO4S. The first-order valence-corrected chi connectivity index (χ1v) is 9.81. The zero-order valence-corrected chi connectivity index (χ0v) is 16.9. The molecule has 0 aliphatic carbocycles. The molecule has 0 heterocycles. The van der Waals surface area contributed by atoms with Gasteiger partial charge in [0.05, 0.1) is 12.4 Å². The number of benzene rings is 2. The Morgan fingerprint density at radius 2 is 1.81 bits per heavy atom. The summed E-state index contributed by atoms with van der Waals surface area (Å²) >= 11 is 1.36. The van der Waals surface area contributed by atoms with Crippen LogP contribution in [0.1, 0.15) is 25.0 Å². The second-order valence-corrected chi connectivity index (χ2v) is 7.18. The smallest absolute Gasteiger partial charge is 0.317 e. The Bertz CT molecular complexity index is 789. The Labute approximate surface area is 164 Å². The minimum absolute atomic E-state index is 0.134. The van der Waals surface area contributed by atoms with Gasteiger partial charge in [0.2, 0.25) is 0 Å². The number of hydrogen-bond donors (Lipinski definition) is 1. The molecule has 2 aromatic rings. The maximum Gasteiger partial charge on any atom is 0.317 e. The molecule has 5 nitrogen and oxygen atoms in total. The van der Waals surface area contributed by atoms with Gasteiger partial charge in [-0.15, -0.1) is 11.8 Å². The van der Waals surface area contributed by atoms with E-state index in [9.17, 15) is 9.59 Å². The van der Waals surface area contributed by atoms with Crippen LogP contribution in [0.2, 0.25) is 0 Å². The van der Waals surface area contributed by atoms with Crippen LogP contribution in [0.25, 0.3) is 0 Å². The number of rotatable bonds is 8. The molecule has 2 rings (SSSR count). The van der Waals surface area contributed by atoms with Gasteiger partial charge in [-0.3, -0.25) is 9.59 Å². The molecule has 0 spiro atoms. The minimum Gasteiger partial charge on any atom is -0.494 e. The van der Waals surface area contributed by atoms with E-state index in [1.54, 1.807) is 6.92 Å². The summed E-state index contributed by atoms with van der Waals surface area (Å²) in [5, 5.41) is 2.81. The predicted molar refractivity (Wildman–Crippen MR) is 108 cm³/mol. The third kappa shape index (κ3) is 6.64. The van der Waals surface area contributed by atoms with Crippen molar-refractivity contribution in [2.24, 2.45) is 0 Å². The summed E-state index contributed by atoms with van der Waals surface area (Å²) in [6.07, 6.45) is -0.863. The number of carbonyl (C=O) groups is 2. The highest BCUT2D eigenvalue weighted by Crippen LogP contribution is 2.22. The van der Waals surface area contributed by atoms with E-state index in [-0.39, 0.29) is 11.7 Å². The largest absolute Gasteiger partial charge is 0.494 e. The first-order chi connectivity index (χ1) is 12.9. The lowest BCUT2D eigenvalue weighted by Crippen LogP contribution is -2.30. The lowest BCUT2D eigenvalue weighted by atomic mass is 10.1. The lowest BCUT2D eigenvalue weighted by Gasteiger charge is -2.15. The summed E-state index contributed by atoms with van der Waals surface area (Å²) in [6.45, 7) is 7.98. The highest BCUT2D eigenvalue weighted by atomic mass is 32.2. The van der Waals surface area contributed by atoms with Gasteiger partial charge >= 0.3 is 5.97 Å². The van der Waals surface area contributed by atoms with Gasteiger partial charge in [0.25, 0.3) is 5.91 Å². The first-order valence-electron chi connectivity index (χ1n) is 8.82. The Morgan fingerprint density at radius 3 is 2.48 bits per heavy atom. The van der Waals surface area contributed by atoms with Crippen LogP contribution in [0.15, 0.2) is 47.4 Å². The molecule has 0 unspecified atom stereocenters. The number of aryl methyl sites for hydroxylation is 2. The Balaban J connectivity index is 1.82. The van der Waals surface area contributed by atoms with Gasteiger partial charge in [-0.05, 0) is 69.2 Å². The van der Waals surface area contributed by atoms with Crippen molar-refractivity contribution >= 4 is 29.3 Å². The maximum atomic E-state index is 12.3. The fourth-order valence-electron chi connectivity index (χ4n) is 2.33. The van der Waals surface area contributed by atoms with Gasteiger partial charge in [0.15, 0.2) is 6.10 Å². The number of hydrogen-bond acceptors (Lipinski definition) is 5. The van der Waals surface area contributed by atoms with Gasteiger partial charge in [-0.1, -0.05) is 12.1 Å². The molecule has 2 aromatic carbocycles. The van der Waals surface area contributed by atoms with Gasteiger partial charge in [-0.25, -0.2) is 0 Å². The van der Waals surface area contributed by atoms with Crippen LogP contribution in [-0.2, 0) is 14.3 Å². The monoisotopic (exact) mass is 387 g/mol. The van der Waals surface area contributed by atoms with Crippen molar-refractivity contribution in [3.63, 3.8) is 0 Å². The lowest BCUT2D eigenvalue weighted by molar-refractivity contribution is -0.150. The van der Waals surface area contributed by atoms with Crippen LogP contribution < -0.4 is 10.1 Å². The normalized spacial score (nSPS) is 11.6. The van der Waals surface area contributed by atoms with Gasteiger partial charge < -0.3 is 14.8 Å². The summed E-state index contributed by atoms with van der Waals surface area (Å²) in [5.74, 6) is 0.150. The van der Waals surface area contributed by atoms with Crippen molar-refractivity contribution in [2.75, 3.05) is 17.7 Å². The molecule has 0 saturated heterocycles. The van der Waals surface area contributed by atoms with E-state index in [2.05, 4.69) is 5.32 Å². The fourth-order valence-corrected chi connectivity index (χ4v) is 3.01. The molecule has 0 fully saturated rings. The molecule has 6 heteroatoms. The maximum absolute atomic E-state index is 12.3. The average Bonchev–Trinajstić information content (AvgIpc) is 2.64. The fraction of sp³-hybridized carbons (Fsp3) is 0.333. The number of anilines is 1. The molecule has 1 atom stereocenters. The Kier molecular flexibility index (Phi) is 7.73. The molecule has 0 aliphatic heterocycles. The molecule has 0 aromatic heterocycles. The number of amides is 1. The van der Waals surface area contributed by atoms with Crippen molar-refractivity contribution in [3.05, 3.63) is 53.6 Å². The molecule has 1 amide bonds. The summed E-state index contributed by atoms with van der Waals surface area (Å²) in [7, 11) is 0. The van der Waals surface area contributed by atoms with E-state index in [0.29, 0.717) is 6.61 Å². The molecule has 1 N–H and O–H groups in total. The molecule has 0 bridgehead atoms. The van der Waals surface area contributed by atoms with Crippen LogP contribution in [0.5, 0.6) is 5.75 Å². The molecule has 0 saturated carbocycles. The third-order valence-corrected chi connectivity index (χ3v) is 4.81. The zero-order chi connectivity index (χ0) is 19.8. The zero-order valence-electron chi connectivity index (χ0n) is 16.1. The minimum atomic E-state index is -0.863. The molecule has 144 valence electrons. The van der Waals surface area contributed by atoms with Crippen molar-refractivity contribution in [1.82, 2.24) is 0 Å². The number of ether oxygens (including phenoxy) is 2. The van der Waals surface area contributed by atoms with E-state index in [1.165, 1.54) is 11.8 Å². The average molecular weight is 388 g/mol. The highest BCUT2D eigenvalue weighted by molar-refractivity contribution is 8.00. The van der Waals surface area contributed by atoms with Crippen LogP contribution in [-0.4, -0.2) is 30.3 Å². The predicted octanol–water partition coefficient (Wildman–Crippen LogP) is 4.36. The van der Waals surface area contributed by atoms with Gasteiger partial charge in [-0.2, -0.15) is 0 Å². The molecule has 0 radical (unpaired) electrons. The quantitative estimate of drug-likeness (QED) is 0.538. The van der Waals surface area contributed by atoms with Crippen LogP contribution >= 0.6 is 11.8 Å². The second-order valence-electron chi connectivity index (χ2n) is 6.13. The Morgan fingerprint density at radius 1 is 1.11 bits per heavy atom. The number of carbonyl (C=O) groups excluding carboxylic acids is 2. The summed E-state index contributed by atoms with van der Waals surface area (Å²) in [4.78, 5) is 25.2. The standard InChI is InChI=1S/C21H25NO4S/c1-5-25-17-8-10-18(11-9-17)27-13-20(23)26-16(4)21(24)22-19-12-14(2)6-7-15(19)3/h6-12,16H,5,13H2,1-4H3,(H,22,24)/t16-/m0/s1. The molecular weight excluding hydrogens is 362 g/mol. The number of thioether (sulfide) groups is 1. The van der Waals surface area contributed by atoms with Gasteiger partial charge in [0, 0.05) is 10.6 Å². The summed E-state index contributed by atoms with van der Waals surface area (Å²) in [5.41, 5.74) is 2.73. The van der Waals surface area contributed by atoms with E-state index < -0.39 is 12.1 Å². The van der Waals surface area contributed by atoms with E-state index in [0.717, 1.165) is 27.5 Å². The van der Waals surface area contributed by atoms with E-state index in [1.807, 2.05) is 63.2 Å². The van der Waals surface area contributed by atoms with Crippen LogP contribution in [0, 0.1) is 13.8 Å². The van der Waals surface area contributed by atoms with Crippen LogP contribution in [0.3, 0.4) is 0 Å². The second kappa shape index (κ2) is 10.0. The molecule has 27 heavy (non-hydrogen) atoms. The SMILES string of the molecule is CCOc1ccc(SCC(=O)O[C@@H](C)C(=O)Nc2cc(C)ccc2C)cc1. The molecule has 0 aliphatic rings. The van der Waals surface area contributed by atoms with E-state index in [4.69, 9.17) is 9.47 Å². The topological polar surface area (TPSA) is 64.6 Å². The van der Waals surface area contributed by atoms with Crippen LogP contribution in [0.4, 0.5) is 5.69 Å². The Hall–Kier alpha value is -2.47. The van der Waals surface area contributed by atoms with Crippen molar-refractivity contribution in [2.45, 2.75) is 38.7 Å². The first kappa shape index (κ1) is 20.8. The van der Waals surface area contributed by atoms with Crippen molar-refractivity contribution in [1.29, 1.82) is 0 Å². The number of esters is 1.